The first-order valence-corrected chi connectivity index (χ1v) is 7.67. The second-order valence-corrected chi connectivity index (χ2v) is 6.88. The van der Waals surface area contributed by atoms with Crippen molar-refractivity contribution in [1.82, 2.24) is 0 Å². The molecule has 1 aliphatic heterocycles. The van der Waals surface area contributed by atoms with Gasteiger partial charge in [0.15, 0.2) is 5.76 Å². The van der Waals surface area contributed by atoms with Crippen LogP contribution in [0, 0.1) is 5.41 Å². The third-order valence-corrected chi connectivity index (χ3v) is 4.51. The zero-order valence-electron chi connectivity index (χ0n) is 9.92. The summed E-state index contributed by atoms with van der Waals surface area (Å²) in [6, 6.07) is 0. The molecule has 16 heavy (non-hydrogen) atoms. The smallest absolute Gasteiger partial charge is 0.157 e. The number of allylic oxidation sites excluding steroid dienone is 3. The van der Waals surface area contributed by atoms with Crippen LogP contribution in [0.25, 0.3) is 0 Å². The SMILES string of the molecule is CC(C)(C)C1COC2=C(C=CCC2PCl)O1. The van der Waals surface area contributed by atoms with Crippen molar-refractivity contribution in [2.75, 3.05) is 6.61 Å². The molecule has 0 bridgehead atoms. The molecule has 0 aromatic rings. The quantitative estimate of drug-likeness (QED) is 0.668. The predicted octanol–water partition coefficient (Wildman–Crippen LogP) is 3.82. The second kappa shape index (κ2) is 4.58. The highest BCUT2D eigenvalue weighted by Gasteiger charge is 2.35. The lowest BCUT2D eigenvalue weighted by Crippen LogP contribution is -2.38. The Balaban J connectivity index is 2.17. The zero-order valence-corrected chi connectivity index (χ0v) is 11.7. The van der Waals surface area contributed by atoms with Gasteiger partial charge in [-0.05, 0) is 20.4 Å². The first kappa shape index (κ1) is 12.3. The third kappa shape index (κ3) is 2.38. The van der Waals surface area contributed by atoms with Crippen molar-refractivity contribution in [3.8, 4) is 0 Å². The van der Waals surface area contributed by atoms with E-state index in [0.29, 0.717) is 20.2 Å². The van der Waals surface area contributed by atoms with Gasteiger partial charge in [0.2, 0.25) is 0 Å². The maximum atomic E-state index is 6.00. The molecular weight excluding hydrogens is 243 g/mol. The molecule has 0 aromatic carbocycles. The van der Waals surface area contributed by atoms with Crippen molar-refractivity contribution in [1.29, 1.82) is 0 Å². The molecule has 1 heterocycles. The Labute approximate surface area is 104 Å². The standard InChI is InChI=1S/C12H18ClO2P/c1-12(2,3)10-7-14-11-8(15-10)5-4-6-9(11)16-13/h4-5,9-10,16H,6-7H2,1-3H3. The van der Waals surface area contributed by atoms with Gasteiger partial charge in [-0.3, -0.25) is 0 Å². The maximum absolute atomic E-state index is 6.00. The number of hydrogen-bond acceptors (Lipinski definition) is 2. The van der Waals surface area contributed by atoms with Gasteiger partial charge >= 0.3 is 0 Å². The highest BCUT2D eigenvalue weighted by Crippen LogP contribution is 2.41. The Morgan fingerprint density at radius 1 is 1.44 bits per heavy atom. The van der Waals surface area contributed by atoms with Crippen LogP contribution in [-0.2, 0) is 9.47 Å². The van der Waals surface area contributed by atoms with Crippen molar-refractivity contribution < 1.29 is 9.47 Å². The molecule has 2 nitrogen and oxygen atoms in total. The van der Waals surface area contributed by atoms with Gasteiger partial charge in [-0.25, -0.2) is 0 Å². The summed E-state index contributed by atoms with van der Waals surface area (Å²) >= 11 is 5.95. The molecule has 0 fully saturated rings. The molecule has 1 aliphatic carbocycles. The fraction of sp³-hybridized carbons (Fsp3) is 0.667. The van der Waals surface area contributed by atoms with Gasteiger partial charge in [0.1, 0.15) is 18.5 Å². The van der Waals surface area contributed by atoms with Gasteiger partial charge in [-0.15, -0.1) is 0 Å². The first-order chi connectivity index (χ1) is 7.52. The molecule has 0 radical (unpaired) electrons. The molecule has 2 aliphatic rings. The third-order valence-electron chi connectivity index (χ3n) is 2.96. The lowest BCUT2D eigenvalue weighted by Gasteiger charge is -2.38. The van der Waals surface area contributed by atoms with E-state index >= 15 is 0 Å². The van der Waals surface area contributed by atoms with Crippen molar-refractivity contribution in [2.45, 2.75) is 39.0 Å². The van der Waals surface area contributed by atoms with Crippen LogP contribution >= 0.6 is 19.2 Å². The molecule has 4 heteroatoms. The molecular formula is C12H18ClO2P. The lowest BCUT2D eigenvalue weighted by atomic mass is 9.89. The highest BCUT2D eigenvalue weighted by atomic mass is 35.7. The summed E-state index contributed by atoms with van der Waals surface area (Å²) in [5.41, 5.74) is 0.408. The van der Waals surface area contributed by atoms with E-state index in [-0.39, 0.29) is 11.5 Å². The highest BCUT2D eigenvalue weighted by molar-refractivity contribution is 7.69. The Hall–Kier alpha value is -0.200. The van der Waals surface area contributed by atoms with Gasteiger partial charge in [-0.1, -0.05) is 38.1 Å². The monoisotopic (exact) mass is 260 g/mol. The Morgan fingerprint density at radius 2 is 2.19 bits per heavy atom. The van der Waals surface area contributed by atoms with Gasteiger partial charge in [0.25, 0.3) is 0 Å². The molecule has 3 unspecified atom stereocenters. The molecule has 0 saturated heterocycles. The second-order valence-electron chi connectivity index (χ2n) is 5.31. The van der Waals surface area contributed by atoms with E-state index < -0.39 is 0 Å². The zero-order chi connectivity index (χ0) is 11.8. The van der Waals surface area contributed by atoms with Crippen LogP contribution in [0.15, 0.2) is 23.7 Å². The summed E-state index contributed by atoms with van der Waals surface area (Å²) in [7, 11) is 0.354. The van der Waals surface area contributed by atoms with Crippen LogP contribution in [0.2, 0.25) is 0 Å². The van der Waals surface area contributed by atoms with Crippen molar-refractivity contribution >= 4 is 19.2 Å². The summed E-state index contributed by atoms with van der Waals surface area (Å²) in [6.45, 7) is 7.13. The molecule has 2 rings (SSSR count). The largest absolute Gasteiger partial charge is 0.489 e. The van der Waals surface area contributed by atoms with Crippen LogP contribution in [-0.4, -0.2) is 18.4 Å². The minimum atomic E-state index is 0.0998. The molecule has 0 N–H and O–H groups in total. The van der Waals surface area contributed by atoms with Crippen molar-refractivity contribution in [3.63, 3.8) is 0 Å². The fourth-order valence-corrected chi connectivity index (χ4v) is 2.93. The topological polar surface area (TPSA) is 18.5 Å². The van der Waals surface area contributed by atoms with E-state index in [9.17, 15) is 0 Å². The van der Waals surface area contributed by atoms with E-state index in [0.717, 1.165) is 17.9 Å². The van der Waals surface area contributed by atoms with E-state index in [1.165, 1.54) is 0 Å². The molecule has 3 atom stereocenters. The minimum Gasteiger partial charge on any atom is -0.489 e. The van der Waals surface area contributed by atoms with Crippen molar-refractivity contribution in [2.24, 2.45) is 5.41 Å². The number of halogens is 1. The van der Waals surface area contributed by atoms with Crippen LogP contribution in [0.4, 0.5) is 0 Å². The van der Waals surface area contributed by atoms with Crippen LogP contribution in [0.3, 0.4) is 0 Å². The van der Waals surface area contributed by atoms with Gasteiger partial charge < -0.3 is 9.47 Å². The van der Waals surface area contributed by atoms with Crippen LogP contribution in [0.5, 0.6) is 0 Å². The minimum absolute atomic E-state index is 0.0998. The molecule has 0 spiro atoms. The van der Waals surface area contributed by atoms with Crippen LogP contribution in [0.1, 0.15) is 27.2 Å². The number of rotatable bonds is 1. The Kier molecular flexibility index (Phi) is 3.51. The van der Waals surface area contributed by atoms with E-state index in [4.69, 9.17) is 20.7 Å². The summed E-state index contributed by atoms with van der Waals surface area (Å²) in [5.74, 6) is 1.84. The predicted molar refractivity (Wildman–Crippen MR) is 69.0 cm³/mol. The maximum Gasteiger partial charge on any atom is 0.157 e. The van der Waals surface area contributed by atoms with E-state index in [1.54, 1.807) is 0 Å². The van der Waals surface area contributed by atoms with Gasteiger partial charge in [0.05, 0.1) is 5.66 Å². The Morgan fingerprint density at radius 3 is 2.81 bits per heavy atom. The van der Waals surface area contributed by atoms with Crippen LogP contribution < -0.4 is 0 Å². The lowest BCUT2D eigenvalue weighted by molar-refractivity contribution is -0.0553. The molecule has 0 aromatic heterocycles. The van der Waals surface area contributed by atoms with E-state index in [1.807, 2.05) is 6.08 Å². The molecule has 0 amide bonds. The molecule has 0 saturated carbocycles. The normalized spacial score (nSPS) is 30.2. The summed E-state index contributed by atoms with van der Waals surface area (Å²) in [4.78, 5) is 0. The first-order valence-electron chi connectivity index (χ1n) is 5.58. The summed E-state index contributed by atoms with van der Waals surface area (Å²) in [6.07, 6.45) is 5.21. The number of hydrogen-bond donors (Lipinski definition) is 0. The van der Waals surface area contributed by atoms with Gasteiger partial charge in [0, 0.05) is 5.41 Å². The Bertz CT molecular complexity index is 330. The summed E-state index contributed by atoms with van der Waals surface area (Å²) < 4.78 is 11.9. The van der Waals surface area contributed by atoms with Crippen molar-refractivity contribution in [3.05, 3.63) is 23.7 Å². The average Bonchev–Trinajstić information content (AvgIpc) is 2.26. The van der Waals surface area contributed by atoms with E-state index in [2.05, 4.69) is 26.8 Å². The van der Waals surface area contributed by atoms with Gasteiger partial charge in [-0.2, -0.15) is 0 Å². The summed E-state index contributed by atoms with van der Waals surface area (Å²) in [5, 5.41) is 0. The average molecular weight is 261 g/mol. The number of ether oxygens (including phenoxy) is 2. The molecule has 90 valence electrons. The fourth-order valence-electron chi connectivity index (χ4n) is 1.81.